The molecule has 0 saturated carbocycles. The number of rotatable bonds is 1. The van der Waals surface area contributed by atoms with Crippen LogP contribution in [0.25, 0.3) is 5.52 Å². The summed E-state index contributed by atoms with van der Waals surface area (Å²) in [6.45, 7) is 2.12. The number of pyridine rings is 1. The summed E-state index contributed by atoms with van der Waals surface area (Å²) in [6, 6.07) is 5.94. The van der Waals surface area contributed by atoms with Crippen molar-refractivity contribution in [2.75, 3.05) is 13.1 Å². The molecule has 90 valence electrons. The predicted octanol–water partition coefficient (Wildman–Crippen LogP) is 2.84. The van der Waals surface area contributed by atoms with Gasteiger partial charge in [0.25, 0.3) is 0 Å². The van der Waals surface area contributed by atoms with E-state index in [1.165, 1.54) is 19.3 Å². The lowest BCUT2D eigenvalue weighted by Crippen LogP contribution is -2.20. The third-order valence-corrected chi connectivity index (χ3v) is 3.74. The maximum atomic E-state index is 6.27. The number of halogens is 1. The van der Waals surface area contributed by atoms with Gasteiger partial charge in [-0.1, -0.05) is 24.1 Å². The van der Waals surface area contributed by atoms with Crippen LogP contribution in [-0.4, -0.2) is 22.5 Å². The Kier molecular flexibility index (Phi) is 3.04. The van der Waals surface area contributed by atoms with Gasteiger partial charge in [0.1, 0.15) is 11.0 Å². The molecule has 3 nitrogen and oxygen atoms in total. The molecule has 1 aliphatic rings. The third-order valence-electron chi connectivity index (χ3n) is 3.44. The van der Waals surface area contributed by atoms with Gasteiger partial charge in [0.05, 0.1) is 11.7 Å². The highest BCUT2D eigenvalue weighted by Crippen LogP contribution is 2.25. The van der Waals surface area contributed by atoms with Crippen molar-refractivity contribution in [2.45, 2.75) is 25.2 Å². The number of imidazole rings is 1. The van der Waals surface area contributed by atoms with E-state index >= 15 is 0 Å². The van der Waals surface area contributed by atoms with E-state index in [0.717, 1.165) is 29.6 Å². The predicted molar refractivity (Wildman–Crippen MR) is 69.7 cm³/mol. The summed E-state index contributed by atoms with van der Waals surface area (Å²) in [7, 11) is 0. The average molecular weight is 250 g/mol. The third kappa shape index (κ3) is 2.05. The zero-order valence-corrected chi connectivity index (χ0v) is 10.5. The van der Waals surface area contributed by atoms with E-state index in [4.69, 9.17) is 11.6 Å². The molecule has 0 aromatic carbocycles. The van der Waals surface area contributed by atoms with Crippen molar-refractivity contribution >= 4 is 17.1 Å². The largest absolute Gasteiger partial charge is 0.316 e. The minimum atomic E-state index is 0.472. The van der Waals surface area contributed by atoms with Crippen molar-refractivity contribution < 1.29 is 0 Å². The van der Waals surface area contributed by atoms with Crippen molar-refractivity contribution in [2.24, 2.45) is 0 Å². The zero-order valence-electron chi connectivity index (χ0n) is 9.69. The SMILES string of the molecule is Clc1cccc2cnc(C3CCCCNC3)n12. The van der Waals surface area contributed by atoms with E-state index < -0.39 is 0 Å². The van der Waals surface area contributed by atoms with Crippen LogP contribution in [0.2, 0.25) is 5.15 Å². The minimum Gasteiger partial charge on any atom is -0.316 e. The summed E-state index contributed by atoms with van der Waals surface area (Å²) < 4.78 is 2.07. The van der Waals surface area contributed by atoms with Gasteiger partial charge in [-0.05, 0) is 31.5 Å². The molecule has 3 rings (SSSR count). The number of aromatic nitrogens is 2. The van der Waals surface area contributed by atoms with E-state index in [1.54, 1.807) is 0 Å². The Bertz CT molecular complexity index is 512. The fourth-order valence-corrected chi connectivity index (χ4v) is 2.82. The Labute approximate surface area is 106 Å². The molecule has 1 aliphatic heterocycles. The standard InChI is InChI=1S/C13H16ClN3/c14-12-6-3-5-11-9-16-13(17(11)12)10-4-1-2-7-15-8-10/h3,5-6,9-10,15H,1-2,4,7-8H2. The first-order chi connectivity index (χ1) is 8.36. The lowest BCUT2D eigenvalue weighted by Gasteiger charge is -2.13. The molecule has 4 heteroatoms. The summed E-state index contributed by atoms with van der Waals surface area (Å²) >= 11 is 6.27. The van der Waals surface area contributed by atoms with Gasteiger partial charge in [-0.3, -0.25) is 4.40 Å². The number of nitrogens with zero attached hydrogens (tertiary/aromatic N) is 2. The highest BCUT2D eigenvalue weighted by atomic mass is 35.5. The van der Waals surface area contributed by atoms with E-state index in [-0.39, 0.29) is 0 Å². The van der Waals surface area contributed by atoms with Gasteiger partial charge >= 0.3 is 0 Å². The molecule has 1 unspecified atom stereocenters. The quantitative estimate of drug-likeness (QED) is 0.788. The van der Waals surface area contributed by atoms with Crippen LogP contribution in [0.1, 0.15) is 31.0 Å². The molecule has 0 radical (unpaired) electrons. The van der Waals surface area contributed by atoms with Gasteiger partial charge in [-0.2, -0.15) is 0 Å². The fourth-order valence-electron chi connectivity index (χ4n) is 2.56. The molecule has 1 atom stereocenters. The molecule has 3 heterocycles. The molecule has 0 spiro atoms. The fraction of sp³-hybridized carbons (Fsp3) is 0.462. The number of hydrogen-bond acceptors (Lipinski definition) is 2. The molecule has 2 aromatic rings. The van der Waals surface area contributed by atoms with Gasteiger partial charge in [-0.25, -0.2) is 4.98 Å². The van der Waals surface area contributed by atoms with Crippen LogP contribution in [-0.2, 0) is 0 Å². The summed E-state index contributed by atoms with van der Waals surface area (Å²) in [6.07, 6.45) is 5.62. The summed E-state index contributed by atoms with van der Waals surface area (Å²) in [5, 5.41) is 4.22. The van der Waals surface area contributed by atoms with Crippen LogP contribution in [0.15, 0.2) is 24.4 Å². The van der Waals surface area contributed by atoms with Crippen LogP contribution in [0.4, 0.5) is 0 Å². The van der Waals surface area contributed by atoms with Crippen molar-refractivity contribution in [3.63, 3.8) is 0 Å². The lowest BCUT2D eigenvalue weighted by atomic mass is 10.0. The molecule has 2 aromatic heterocycles. The smallest absolute Gasteiger partial charge is 0.118 e. The first-order valence-electron chi connectivity index (χ1n) is 6.19. The first-order valence-corrected chi connectivity index (χ1v) is 6.56. The molecule has 17 heavy (non-hydrogen) atoms. The highest BCUT2D eigenvalue weighted by Gasteiger charge is 2.19. The molecule has 0 bridgehead atoms. The second-order valence-corrected chi connectivity index (χ2v) is 5.01. The van der Waals surface area contributed by atoms with Gasteiger partial charge in [-0.15, -0.1) is 0 Å². The number of nitrogens with one attached hydrogen (secondary N) is 1. The molecular formula is C13H16ClN3. The Morgan fingerprint density at radius 1 is 1.35 bits per heavy atom. The first kappa shape index (κ1) is 11.1. The lowest BCUT2D eigenvalue weighted by molar-refractivity contribution is 0.576. The topological polar surface area (TPSA) is 29.3 Å². The minimum absolute atomic E-state index is 0.472. The Balaban J connectivity index is 2.04. The number of hydrogen-bond donors (Lipinski definition) is 1. The van der Waals surface area contributed by atoms with Crippen LogP contribution in [0, 0.1) is 0 Å². The van der Waals surface area contributed by atoms with Crippen molar-refractivity contribution in [3.8, 4) is 0 Å². The normalized spacial score (nSPS) is 21.6. The average Bonchev–Trinajstić information content (AvgIpc) is 2.59. The van der Waals surface area contributed by atoms with Gasteiger partial charge in [0.15, 0.2) is 0 Å². The van der Waals surface area contributed by atoms with Gasteiger partial charge in [0.2, 0.25) is 0 Å². The second kappa shape index (κ2) is 4.67. The maximum absolute atomic E-state index is 6.27. The molecule has 1 saturated heterocycles. The summed E-state index contributed by atoms with van der Waals surface area (Å²) in [5.74, 6) is 1.57. The monoisotopic (exact) mass is 249 g/mol. The van der Waals surface area contributed by atoms with Gasteiger partial charge < -0.3 is 5.32 Å². The molecule has 0 aliphatic carbocycles. The van der Waals surface area contributed by atoms with E-state index in [0.29, 0.717) is 5.92 Å². The summed E-state index contributed by atoms with van der Waals surface area (Å²) in [4.78, 5) is 4.56. The van der Waals surface area contributed by atoms with Crippen molar-refractivity contribution in [3.05, 3.63) is 35.4 Å². The van der Waals surface area contributed by atoms with Crippen LogP contribution < -0.4 is 5.32 Å². The highest BCUT2D eigenvalue weighted by molar-refractivity contribution is 6.29. The molecular weight excluding hydrogens is 234 g/mol. The second-order valence-electron chi connectivity index (χ2n) is 4.62. The Morgan fingerprint density at radius 2 is 2.29 bits per heavy atom. The van der Waals surface area contributed by atoms with Crippen molar-refractivity contribution in [1.82, 2.24) is 14.7 Å². The Morgan fingerprint density at radius 3 is 3.24 bits per heavy atom. The molecule has 1 fully saturated rings. The van der Waals surface area contributed by atoms with Crippen molar-refractivity contribution in [1.29, 1.82) is 0 Å². The molecule has 1 N–H and O–H groups in total. The van der Waals surface area contributed by atoms with Crippen LogP contribution in [0.3, 0.4) is 0 Å². The maximum Gasteiger partial charge on any atom is 0.118 e. The van der Waals surface area contributed by atoms with E-state index in [2.05, 4.69) is 14.7 Å². The molecule has 0 amide bonds. The number of fused-ring (bicyclic) bond motifs is 1. The van der Waals surface area contributed by atoms with E-state index in [1.807, 2.05) is 24.4 Å². The zero-order chi connectivity index (χ0) is 11.7. The van der Waals surface area contributed by atoms with Crippen LogP contribution in [0.5, 0.6) is 0 Å². The van der Waals surface area contributed by atoms with Gasteiger partial charge in [0, 0.05) is 12.5 Å². The Hall–Kier alpha value is -1.06. The van der Waals surface area contributed by atoms with E-state index in [9.17, 15) is 0 Å². The summed E-state index contributed by atoms with van der Waals surface area (Å²) in [5.41, 5.74) is 1.08. The van der Waals surface area contributed by atoms with Crippen LogP contribution >= 0.6 is 11.6 Å².